The first kappa shape index (κ1) is 25.7. The van der Waals surface area contributed by atoms with E-state index in [2.05, 4.69) is 26.0 Å². The van der Waals surface area contributed by atoms with Crippen LogP contribution in [0.15, 0.2) is 46.9 Å². The normalized spacial score (nSPS) is 12.2. The van der Waals surface area contributed by atoms with E-state index in [1.165, 1.54) is 5.56 Å². The summed E-state index contributed by atoms with van der Waals surface area (Å²) in [6.45, 7) is 11.9. The molecule has 0 aliphatic carbocycles. The number of amides is 1. The van der Waals surface area contributed by atoms with Crippen molar-refractivity contribution in [3.63, 3.8) is 0 Å². The van der Waals surface area contributed by atoms with Crippen molar-refractivity contribution in [3.8, 4) is 0 Å². The number of esters is 1. The zero-order valence-corrected chi connectivity index (χ0v) is 20.2. The number of hydrogen-bond acceptors (Lipinski definition) is 5. The van der Waals surface area contributed by atoms with Crippen LogP contribution in [0.4, 0.5) is 0 Å². The zero-order chi connectivity index (χ0) is 23.5. The number of hydrogen-bond donors (Lipinski definition) is 0. The number of carbonyl (C=O) groups excluding carboxylic acids is 2. The summed E-state index contributed by atoms with van der Waals surface area (Å²) in [5.41, 5.74) is 1.18. The highest BCUT2D eigenvalue weighted by molar-refractivity contribution is 5.80. The van der Waals surface area contributed by atoms with Gasteiger partial charge < -0.3 is 14.1 Å². The van der Waals surface area contributed by atoms with E-state index in [0.717, 1.165) is 24.4 Å². The van der Waals surface area contributed by atoms with Crippen molar-refractivity contribution in [2.24, 2.45) is 5.92 Å². The fourth-order valence-corrected chi connectivity index (χ4v) is 3.48. The van der Waals surface area contributed by atoms with Crippen LogP contribution >= 0.6 is 0 Å². The molecule has 2 aromatic rings. The number of nitrogens with zero attached hydrogens (tertiary/aromatic N) is 2. The van der Waals surface area contributed by atoms with Gasteiger partial charge in [0.15, 0.2) is 0 Å². The summed E-state index contributed by atoms with van der Waals surface area (Å²) in [5.74, 6) is 1.75. The highest BCUT2D eigenvalue weighted by Gasteiger charge is 2.27. The Kier molecular flexibility index (Phi) is 10.5. The Morgan fingerprint density at radius 2 is 1.75 bits per heavy atom. The molecule has 2 rings (SSSR count). The van der Waals surface area contributed by atoms with Gasteiger partial charge in [0, 0.05) is 6.54 Å². The van der Waals surface area contributed by atoms with Crippen LogP contribution in [0.1, 0.15) is 51.2 Å². The molecule has 6 nitrogen and oxygen atoms in total. The molecule has 1 aromatic heterocycles. The number of aryl methyl sites for hydroxylation is 1. The maximum Gasteiger partial charge on any atom is 0.323 e. The minimum Gasteiger partial charge on any atom is -0.465 e. The van der Waals surface area contributed by atoms with Crippen LogP contribution in [-0.4, -0.2) is 54.0 Å². The van der Waals surface area contributed by atoms with Crippen molar-refractivity contribution < 1.29 is 18.7 Å². The number of furan rings is 1. The van der Waals surface area contributed by atoms with Crippen LogP contribution in [0.2, 0.25) is 0 Å². The van der Waals surface area contributed by atoms with Crippen molar-refractivity contribution in [2.75, 3.05) is 26.2 Å². The minimum atomic E-state index is -0.473. The van der Waals surface area contributed by atoms with Gasteiger partial charge in [-0.2, -0.15) is 0 Å². The summed E-state index contributed by atoms with van der Waals surface area (Å²) in [6.07, 6.45) is 1.66. The first-order chi connectivity index (χ1) is 15.3. The molecule has 32 heavy (non-hydrogen) atoms. The highest BCUT2D eigenvalue weighted by Crippen LogP contribution is 2.14. The molecule has 0 unspecified atom stereocenters. The fourth-order valence-electron chi connectivity index (χ4n) is 3.48. The number of ether oxygens (including phenoxy) is 1. The molecule has 0 aliphatic heterocycles. The van der Waals surface area contributed by atoms with Crippen LogP contribution in [0.5, 0.6) is 0 Å². The van der Waals surface area contributed by atoms with E-state index in [-0.39, 0.29) is 18.4 Å². The maximum absolute atomic E-state index is 13.4. The third kappa shape index (κ3) is 8.50. The predicted molar refractivity (Wildman–Crippen MR) is 126 cm³/mol. The summed E-state index contributed by atoms with van der Waals surface area (Å²) < 4.78 is 11.0. The lowest BCUT2D eigenvalue weighted by atomic mass is 10.1. The van der Waals surface area contributed by atoms with Crippen molar-refractivity contribution in [1.29, 1.82) is 0 Å². The fraction of sp³-hybridized carbons (Fsp3) is 0.538. The Balaban J connectivity index is 2.14. The Morgan fingerprint density at radius 1 is 1.03 bits per heavy atom. The largest absolute Gasteiger partial charge is 0.465 e. The number of benzene rings is 1. The van der Waals surface area contributed by atoms with E-state index >= 15 is 0 Å². The summed E-state index contributed by atoms with van der Waals surface area (Å²) in [7, 11) is 0. The molecule has 1 heterocycles. The smallest absolute Gasteiger partial charge is 0.323 e. The Morgan fingerprint density at radius 3 is 2.34 bits per heavy atom. The second kappa shape index (κ2) is 13.1. The van der Waals surface area contributed by atoms with E-state index in [4.69, 9.17) is 9.15 Å². The van der Waals surface area contributed by atoms with Gasteiger partial charge in [-0.3, -0.25) is 14.5 Å². The third-order valence-electron chi connectivity index (χ3n) is 5.52. The van der Waals surface area contributed by atoms with E-state index in [9.17, 15) is 9.59 Å². The molecule has 1 aromatic carbocycles. The van der Waals surface area contributed by atoms with Gasteiger partial charge in [0.2, 0.25) is 5.91 Å². The molecule has 0 bridgehead atoms. The predicted octanol–water partition coefficient (Wildman–Crippen LogP) is 4.46. The molecular formula is C26H38N2O4. The lowest BCUT2D eigenvalue weighted by molar-refractivity contribution is -0.150. The molecule has 0 radical (unpaired) electrons. The maximum atomic E-state index is 13.4. The quantitative estimate of drug-likeness (QED) is 0.429. The van der Waals surface area contributed by atoms with Gasteiger partial charge in [-0.05, 0) is 63.8 Å². The molecule has 1 amide bonds. The molecule has 0 spiro atoms. The molecule has 0 aliphatic rings. The van der Waals surface area contributed by atoms with Crippen LogP contribution in [-0.2, 0) is 27.3 Å². The summed E-state index contributed by atoms with van der Waals surface area (Å²) in [6, 6.07) is 13.5. The zero-order valence-electron chi connectivity index (χ0n) is 20.2. The summed E-state index contributed by atoms with van der Waals surface area (Å²) in [4.78, 5) is 29.5. The van der Waals surface area contributed by atoms with Crippen molar-refractivity contribution in [3.05, 3.63) is 59.5 Å². The van der Waals surface area contributed by atoms with Gasteiger partial charge in [-0.1, -0.05) is 44.2 Å². The molecule has 1 atom stereocenters. The van der Waals surface area contributed by atoms with Crippen molar-refractivity contribution in [2.45, 2.75) is 60.0 Å². The Bertz CT molecular complexity index is 831. The molecular weight excluding hydrogens is 404 g/mol. The SMILES string of the molecule is CCOC(=O)[C@@H](C)N(CCC(C)C)CC(=O)N(CCc1ccccc1)Cc1ccc(C)o1. The van der Waals surface area contributed by atoms with Crippen LogP contribution < -0.4 is 0 Å². The second-order valence-electron chi connectivity index (χ2n) is 8.64. The minimum absolute atomic E-state index is 0.0186. The van der Waals surface area contributed by atoms with Gasteiger partial charge in [0.25, 0.3) is 0 Å². The molecule has 6 heteroatoms. The Labute approximate surface area is 192 Å². The van der Waals surface area contributed by atoms with Crippen LogP contribution in [0, 0.1) is 12.8 Å². The van der Waals surface area contributed by atoms with E-state index < -0.39 is 6.04 Å². The lowest BCUT2D eigenvalue weighted by Crippen LogP contribution is -2.47. The first-order valence-corrected chi connectivity index (χ1v) is 11.6. The third-order valence-corrected chi connectivity index (χ3v) is 5.52. The van der Waals surface area contributed by atoms with Gasteiger partial charge in [-0.25, -0.2) is 0 Å². The number of carbonyl (C=O) groups is 2. The summed E-state index contributed by atoms with van der Waals surface area (Å²) in [5, 5.41) is 0. The topological polar surface area (TPSA) is 63.0 Å². The molecule has 0 saturated carbocycles. The van der Waals surface area contributed by atoms with Crippen molar-refractivity contribution in [1.82, 2.24) is 9.80 Å². The summed E-state index contributed by atoms with van der Waals surface area (Å²) >= 11 is 0. The Hall–Kier alpha value is -2.60. The van der Waals surface area contributed by atoms with Crippen LogP contribution in [0.25, 0.3) is 0 Å². The van der Waals surface area contributed by atoms with Gasteiger partial charge in [0.1, 0.15) is 17.6 Å². The monoisotopic (exact) mass is 442 g/mol. The number of rotatable bonds is 13. The molecule has 0 saturated heterocycles. The molecule has 176 valence electrons. The van der Waals surface area contributed by atoms with E-state index in [0.29, 0.717) is 32.2 Å². The lowest BCUT2D eigenvalue weighted by Gasteiger charge is -2.30. The highest BCUT2D eigenvalue weighted by atomic mass is 16.5. The average Bonchev–Trinajstić information content (AvgIpc) is 3.18. The average molecular weight is 443 g/mol. The van der Waals surface area contributed by atoms with Gasteiger partial charge in [0.05, 0.1) is 19.7 Å². The van der Waals surface area contributed by atoms with Crippen molar-refractivity contribution >= 4 is 11.9 Å². The van der Waals surface area contributed by atoms with Gasteiger partial charge >= 0.3 is 5.97 Å². The van der Waals surface area contributed by atoms with Gasteiger partial charge in [-0.15, -0.1) is 0 Å². The molecule has 0 N–H and O–H groups in total. The standard InChI is InChI=1S/C26H38N2O4/c1-6-31-26(30)22(5)27(16-14-20(2)3)19-25(29)28(18-24-13-12-21(4)32-24)17-15-23-10-8-7-9-11-23/h7-13,20,22H,6,14-19H2,1-5H3/t22-/m1/s1. The van der Waals surface area contributed by atoms with E-state index in [1.807, 2.05) is 54.0 Å². The molecule has 0 fully saturated rings. The van der Waals surface area contributed by atoms with Crippen LogP contribution in [0.3, 0.4) is 0 Å². The first-order valence-electron chi connectivity index (χ1n) is 11.6. The van der Waals surface area contributed by atoms with E-state index in [1.54, 1.807) is 6.92 Å². The second-order valence-corrected chi connectivity index (χ2v) is 8.64.